The first kappa shape index (κ1) is 15.1. The summed E-state index contributed by atoms with van der Waals surface area (Å²) < 4.78 is 40.5. The van der Waals surface area contributed by atoms with E-state index >= 15 is 0 Å². The molecule has 0 bridgehead atoms. The number of nitriles is 1. The summed E-state index contributed by atoms with van der Waals surface area (Å²) in [6, 6.07) is 9.17. The Morgan fingerprint density at radius 3 is 2.67 bits per heavy atom. The molecule has 1 N–H and O–H groups in total. The Balaban J connectivity index is 2.23. The molecular weight excluding hydrogens is 351 g/mol. The Bertz CT molecular complexity index is 698. The number of ether oxygens (including phenoxy) is 1. The van der Waals surface area contributed by atoms with Gasteiger partial charge in [-0.2, -0.15) is 5.26 Å². The smallest absolute Gasteiger partial charge is 0.405 e. The van der Waals surface area contributed by atoms with Gasteiger partial charge in [-0.25, -0.2) is 4.98 Å². The summed E-state index contributed by atoms with van der Waals surface area (Å²) in [5, 5.41) is 11.8. The number of benzene rings is 1. The molecule has 108 valence electrons. The SMILES string of the molecule is N#Cc1ncccc1Nc1ccc(OC(F)(F)F)c(Br)c1. The lowest BCUT2D eigenvalue weighted by atomic mass is 10.2. The van der Waals surface area contributed by atoms with Crippen molar-refractivity contribution in [3.63, 3.8) is 0 Å². The number of nitrogens with one attached hydrogen (secondary N) is 1. The van der Waals surface area contributed by atoms with E-state index < -0.39 is 6.36 Å². The lowest BCUT2D eigenvalue weighted by Crippen LogP contribution is -2.17. The van der Waals surface area contributed by atoms with Gasteiger partial charge in [0, 0.05) is 11.9 Å². The highest BCUT2D eigenvalue weighted by atomic mass is 79.9. The molecule has 2 rings (SSSR count). The van der Waals surface area contributed by atoms with E-state index in [2.05, 4.69) is 31.0 Å². The van der Waals surface area contributed by atoms with Gasteiger partial charge in [0.15, 0.2) is 5.69 Å². The predicted octanol–water partition coefficient (Wildman–Crippen LogP) is 4.36. The average molecular weight is 358 g/mol. The normalized spacial score (nSPS) is 10.8. The largest absolute Gasteiger partial charge is 0.573 e. The van der Waals surface area contributed by atoms with Gasteiger partial charge in [-0.05, 0) is 46.3 Å². The molecule has 0 saturated heterocycles. The van der Waals surface area contributed by atoms with Gasteiger partial charge in [0.05, 0.1) is 10.2 Å². The van der Waals surface area contributed by atoms with E-state index in [1.165, 1.54) is 24.4 Å². The quantitative estimate of drug-likeness (QED) is 0.886. The van der Waals surface area contributed by atoms with E-state index in [1.807, 2.05) is 6.07 Å². The third kappa shape index (κ3) is 4.10. The Kier molecular flexibility index (Phi) is 4.33. The summed E-state index contributed by atoms with van der Waals surface area (Å²) in [4.78, 5) is 3.87. The molecule has 0 aliphatic rings. The minimum absolute atomic E-state index is 0.132. The zero-order chi connectivity index (χ0) is 15.5. The zero-order valence-corrected chi connectivity index (χ0v) is 11.9. The Morgan fingerprint density at radius 1 is 1.29 bits per heavy atom. The molecule has 1 aromatic heterocycles. The second kappa shape index (κ2) is 6.01. The number of anilines is 2. The van der Waals surface area contributed by atoms with E-state index in [1.54, 1.807) is 12.1 Å². The second-order valence-corrected chi connectivity index (χ2v) is 4.68. The van der Waals surface area contributed by atoms with Crippen molar-refractivity contribution in [1.82, 2.24) is 4.98 Å². The minimum Gasteiger partial charge on any atom is -0.405 e. The standard InChI is InChI=1S/C13H7BrF3N3O/c14-9-6-8(3-4-12(9)21-13(15,16)17)20-10-2-1-5-19-11(10)7-18/h1-6,20H. The fourth-order valence-corrected chi connectivity index (χ4v) is 2.00. The lowest BCUT2D eigenvalue weighted by Gasteiger charge is -2.12. The average Bonchev–Trinajstić information content (AvgIpc) is 2.41. The molecule has 0 radical (unpaired) electrons. The molecular formula is C13H7BrF3N3O. The molecule has 0 saturated carbocycles. The first-order chi connectivity index (χ1) is 9.89. The van der Waals surface area contributed by atoms with Gasteiger partial charge in [-0.1, -0.05) is 0 Å². The Labute approximate surface area is 126 Å². The molecule has 0 aliphatic heterocycles. The minimum atomic E-state index is -4.76. The summed E-state index contributed by atoms with van der Waals surface area (Å²) in [6.45, 7) is 0. The van der Waals surface area contributed by atoms with Crippen molar-refractivity contribution in [2.45, 2.75) is 6.36 Å². The molecule has 2 aromatic rings. The molecule has 8 heteroatoms. The molecule has 4 nitrogen and oxygen atoms in total. The number of pyridine rings is 1. The summed E-state index contributed by atoms with van der Waals surface area (Å²) in [7, 11) is 0. The maximum absolute atomic E-state index is 12.2. The number of rotatable bonds is 3. The van der Waals surface area contributed by atoms with Crippen LogP contribution in [0.15, 0.2) is 41.0 Å². The van der Waals surface area contributed by atoms with Crippen LogP contribution in [0.4, 0.5) is 24.5 Å². The molecule has 1 heterocycles. The van der Waals surface area contributed by atoms with Gasteiger partial charge in [-0.3, -0.25) is 0 Å². The highest BCUT2D eigenvalue weighted by molar-refractivity contribution is 9.10. The number of hydrogen-bond donors (Lipinski definition) is 1. The van der Waals surface area contributed by atoms with Crippen molar-refractivity contribution >= 4 is 27.3 Å². The number of nitrogens with zero attached hydrogens (tertiary/aromatic N) is 2. The number of aromatic nitrogens is 1. The topological polar surface area (TPSA) is 57.9 Å². The van der Waals surface area contributed by atoms with Crippen molar-refractivity contribution in [1.29, 1.82) is 5.26 Å². The summed E-state index contributed by atoms with van der Waals surface area (Å²) in [5.41, 5.74) is 1.13. The van der Waals surface area contributed by atoms with Gasteiger partial charge in [0.2, 0.25) is 0 Å². The molecule has 0 amide bonds. The van der Waals surface area contributed by atoms with Gasteiger partial charge in [-0.15, -0.1) is 13.2 Å². The van der Waals surface area contributed by atoms with Crippen LogP contribution < -0.4 is 10.1 Å². The van der Waals surface area contributed by atoms with Crippen LogP contribution in [-0.4, -0.2) is 11.3 Å². The fourth-order valence-electron chi connectivity index (χ4n) is 1.54. The predicted molar refractivity (Wildman–Crippen MR) is 73.1 cm³/mol. The maximum Gasteiger partial charge on any atom is 0.573 e. The Hall–Kier alpha value is -2.27. The van der Waals surface area contributed by atoms with Crippen LogP contribution in [0.5, 0.6) is 5.75 Å². The highest BCUT2D eigenvalue weighted by Crippen LogP contribution is 2.33. The summed E-state index contributed by atoms with van der Waals surface area (Å²) in [6.07, 6.45) is -3.28. The van der Waals surface area contributed by atoms with Crippen LogP contribution in [0.1, 0.15) is 5.69 Å². The van der Waals surface area contributed by atoms with Crippen molar-refractivity contribution in [2.75, 3.05) is 5.32 Å². The maximum atomic E-state index is 12.2. The fraction of sp³-hybridized carbons (Fsp3) is 0.0769. The van der Waals surface area contributed by atoms with Crippen LogP contribution in [0.25, 0.3) is 0 Å². The summed E-state index contributed by atoms with van der Waals surface area (Å²) >= 11 is 3.00. The van der Waals surface area contributed by atoms with Crippen molar-refractivity contribution in [3.8, 4) is 11.8 Å². The van der Waals surface area contributed by atoms with Gasteiger partial charge in [0.25, 0.3) is 0 Å². The molecule has 0 fully saturated rings. The van der Waals surface area contributed by atoms with E-state index in [4.69, 9.17) is 5.26 Å². The molecule has 0 atom stereocenters. The van der Waals surface area contributed by atoms with Gasteiger partial charge in [0.1, 0.15) is 11.8 Å². The Morgan fingerprint density at radius 2 is 2.05 bits per heavy atom. The van der Waals surface area contributed by atoms with E-state index in [0.29, 0.717) is 11.4 Å². The monoisotopic (exact) mass is 357 g/mol. The van der Waals surface area contributed by atoms with Crippen LogP contribution in [0, 0.1) is 11.3 Å². The number of alkyl halides is 3. The van der Waals surface area contributed by atoms with Crippen LogP contribution in [-0.2, 0) is 0 Å². The summed E-state index contributed by atoms with van der Waals surface area (Å²) in [5.74, 6) is -0.347. The first-order valence-corrected chi connectivity index (χ1v) is 6.36. The van der Waals surface area contributed by atoms with E-state index in [0.717, 1.165) is 0 Å². The highest BCUT2D eigenvalue weighted by Gasteiger charge is 2.31. The van der Waals surface area contributed by atoms with E-state index in [9.17, 15) is 13.2 Å². The van der Waals surface area contributed by atoms with Crippen molar-refractivity contribution in [3.05, 3.63) is 46.7 Å². The molecule has 0 aliphatic carbocycles. The molecule has 21 heavy (non-hydrogen) atoms. The van der Waals surface area contributed by atoms with Crippen molar-refractivity contribution in [2.24, 2.45) is 0 Å². The van der Waals surface area contributed by atoms with Gasteiger partial charge < -0.3 is 10.1 Å². The van der Waals surface area contributed by atoms with E-state index in [-0.39, 0.29) is 15.9 Å². The van der Waals surface area contributed by atoms with Crippen LogP contribution in [0.2, 0.25) is 0 Å². The van der Waals surface area contributed by atoms with Crippen LogP contribution in [0.3, 0.4) is 0 Å². The first-order valence-electron chi connectivity index (χ1n) is 5.56. The molecule has 1 aromatic carbocycles. The lowest BCUT2D eigenvalue weighted by molar-refractivity contribution is -0.274. The van der Waals surface area contributed by atoms with Gasteiger partial charge >= 0.3 is 6.36 Å². The van der Waals surface area contributed by atoms with Crippen LogP contribution >= 0.6 is 15.9 Å². The second-order valence-electron chi connectivity index (χ2n) is 3.83. The number of hydrogen-bond acceptors (Lipinski definition) is 4. The van der Waals surface area contributed by atoms with Crippen molar-refractivity contribution < 1.29 is 17.9 Å². The number of halogens is 4. The molecule has 0 unspecified atom stereocenters. The third-order valence-corrected chi connectivity index (χ3v) is 2.97. The zero-order valence-electron chi connectivity index (χ0n) is 10.3. The molecule has 0 spiro atoms. The third-order valence-electron chi connectivity index (χ3n) is 2.35.